The number of anilines is 1. The van der Waals surface area contributed by atoms with Crippen molar-refractivity contribution >= 4 is 33.4 Å². The normalized spacial score (nSPS) is 11.1. The Morgan fingerprint density at radius 2 is 2.04 bits per heavy atom. The lowest BCUT2D eigenvalue weighted by molar-refractivity contribution is 0.102. The molecule has 4 aromatic rings. The van der Waals surface area contributed by atoms with E-state index in [1.165, 1.54) is 16.9 Å². The molecule has 1 amide bonds. The van der Waals surface area contributed by atoms with Gasteiger partial charge in [-0.3, -0.25) is 10.1 Å². The summed E-state index contributed by atoms with van der Waals surface area (Å²) in [4.78, 5) is 17.2. The molecule has 4 rings (SSSR count). The number of thiazole rings is 1. The Bertz CT molecular complexity index is 1140. The summed E-state index contributed by atoms with van der Waals surface area (Å²) < 4.78 is 1.80. The van der Waals surface area contributed by atoms with Crippen molar-refractivity contribution in [2.24, 2.45) is 0 Å². The van der Waals surface area contributed by atoms with E-state index < -0.39 is 0 Å². The number of rotatable bonds is 4. The maximum atomic E-state index is 12.6. The van der Waals surface area contributed by atoms with Crippen LogP contribution in [0, 0.1) is 13.8 Å². The first-order valence-electron chi connectivity index (χ1n) is 8.73. The van der Waals surface area contributed by atoms with Crippen LogP contribution in [0.3, 0.4) is 0 Å². The second-order valence-electron chi connectivity index (χ2n) is 6.42. The minimum atomic E-state index is -0.204. The highest BCUT2D eigenvalue weighted by atomic mass is 32.1. The molecule has 2 heterocycles. The van der Waals surface area contributed by atoms with Gasteiger partial charge in [0.1, 0.15) is 5.52 Å². The first-order chi connectivity index (χ1) is 13.0. The molecule has 0 aliphatic heterocycles. The Balaban J connectivity index is 1.57. The van der Waals surface area contributed by atoms with Gasteiger partial charge in [-0.15, -0.1) is 16.4 Å². The molecule has 6 nitrogen and oxygen atoms in total. The van der Waals surface area contributed by atoms with Crippen molar-refractivity contribution in [2.45, 2.75) is 27.3 Å². The number of carbonyl (C=O) groups is 1. The van der Waals surface area contributed by atoms with E-state index in [0.29, 0.717) is 16.2 Å². The fourth-order valence-electron chi connectivity index (χ4n) is 2.98. The van der Waals surface area contributed by atoms with Crippen LogP contribution in [0.4, 0.5) is 5.13 Å². The molecule has 0 radical (unpaired) electrons. The Morgan fingerprint density at radius 1 is 1.19 bits per heavy atom. The van der Waals surface area contributed by atoms with Crippen LogP contribution in [0.25, 0.3) is 22.3 Å². The van der Waals surface area contributed by atoms with Crippen LogP contribution in [0.5, 0.6) is 0 Å². The summed E-state index contributed by atoms with van der Waals surface area (Å²) >= 11 is 1.42. The number of hydrogen-bond donors (Lipinski definition) is 1. The van der Waals surface area contributed by atoms with Gasteiger partial charge in [-0.2, -0.15) is 0 Å². The van der Waals surface area contributed by atoms with E-state index in [1.54, 1.807) is 16.8 Å². The van der Waals surface area contributed by atoms with Crippen molar-refractivity contribution in [3.05, 3.63) is 58.5 Å². The third-order valence-corrected chi connectivity index (χ3v) is 5.23. The van der Waals surface area contributed by atoms with Gasteiger partial charge in [0.15, 0.2) is 5.13 Å². The average Bonchev–Trinajstić information content (AvgIpc) is 3.29. The molecule has 0 aliphatic carbocycles. The first kappa shape index (κ1) is 17.4. The Kier molecular flexibility index (Phi) is 4.45. The second kappa shape index (κ2) is 6.92. The topological polar surface area (TPSA) is 72.7 Å². The minimum absolute atomic E-state index is 0.204. The monoisotopic (exact) mass is 377 g/mol. The molecular formula is C20H19N5OS. The summed E-state index contributed by atoms with van der Waals surface area (Å²) in [6.45, 7) is 6.86. The van der Waals surface area contributed by atoms with Crippen molar-refractivity contribution in [2.75, 3.05) is 5.32 Å². The number of aryl methyl sites for hydroxylation is 3. The summed E-state index contributed by atoms with van der Waals surface area (Å²) in [6.07, 6.45) is 0. The second-order valence-corrected chi connectivity index (χ2v) is 7.28. The molecule has 136 valence electrons. The van der Waals surface area contributed by atoms with E-state index in [1.807, 2.05) is 18.4 Å². The van der Waals surface area contributed by atoms with E-state index in [2.05, 4.69) is 52.7 Å². The third-order valence-electron chi connectivity index (χ3n) is 4.47. The van der Waals surface area contributed by atoms with Crippen LogP contribution in [-0.4, -0.2) is 25.9 Å². The maximum absolute atomic E-state index is 12.6. The highest BCUT2D eigenvalue weighted by Gasteiger charge is 2.13. The molecule has 0 spiro atoms. The van der Waals surface area contributed by atoms with Gasteiger partial charge in [0, 0.05) is 23.1 Å². The standard InChI is InChI=1S/C20H19N5OS/c1-4-25-18-8-7-14(10-16(18)23-24-25)19(26)22-20-21-17(11-27-20)15-9-12(2)5-6-13(15)3/h5-11H,4H2,1-3H3,(H,21,22,26). The molecule has 1 N–H and O–H groups in total. The van der Waals surface area contributed by atoms with Crippen molar-refractivity contribution in [1.29, 1.82) is 0 Å². The van der Waals surface area contributed by atoms with E-state index in [-0.39, 0.29) is 5.91 Å². The third kappa shape index (κ3) is 3.33. The SMILES string of the molecule is CCn1nnc2cc(C(=O)Nc3nc(-c4cc(C)ccc4C)cs3)ccc21. The van der Waals surface area contributed by atoms with Crippen molar-refractivity contribution in [1.82, 2.24) is 20.0 Å². The van der Waals surface area contributed by atoms with Crippen LogP contribution < -0.4 is 5.32 Å². The molecule has 0 saturated heterocycles. The molecule has 2 aromatic carbocycles. The van der Waals surface area contributed by atoms with E-state index in [0.717, 1.165) is 28.9 Å². The van der Waals surface area contributed by atoms with Gasteiger partial charge in [-0.1, -0.05) is 22.9 Å². The van der Waals surface area contributed by atoms with E-state index in [9.17, 15) is 4.79 Å². The van der Waals surface area contributed by atoms with E-state index >= 15 is 0 Å². The zero-order chi connectivity index (χ0) is 19.0. The quantitative estimate of drug-likeness (QED) is 0.570. The largest absolute Gasteiger partial charge is 0.298 e. The van der Waals surface area contributed by atoms with Gasteiger partial charge in [0.05, 0.1) is 11.2 Å². The predicted octanol–water partition coefficient (Wildman–Crippen LogP) is 4.44. The van der Waals surface area contributed by atoms with Crippen LogP contribution in [0.2, 0.25) is 0 Å². The fourth-order valence-corrected chi connectivity index (χ4v) is 3.69. The molecular weight excluding hydrogens is 358 g/mol. The predicted molar refractivity (Wildman–Crippen MR) is 108 cm³/mol. The van der Waals surface area contributed by atoms with E-state index in [4.69, 9.17) is 0 Å². The maximum Gasteiger partial charge on any atom is 0.257 e. The van der Waals surface area contributed by atoms with Crippen LogP contribution in [-0.2, 0) is 6.54 Å². The first-order valence-corrected chi connectivity index (χ1v) is 9.61. The van der Waals surface area contributed by atoms with Crippen LogP contribution in [0.1, 0.15) is 28.4 Å². The van der Waals surface area contributed by atoms with Gasteiger partial charge >= 0.3 is 0 Å². The average molecular weight is 377 g/mol. The van der Waals surface area contributed by atoms with Gasteiger partial charge in [0.2, 0.25) is 0 Å². The molecule has 7 heteroatoms. The Morgan fingerprint density at radius 3 is 2.85 bits per heavy atom. The Hall–Kier alpha value is -3.06. The summed E-state index contributed by atoms with van der Waals surface area (Å²) in [5, 5.41) is 13.6. The fraction of sp³-hybridized carbons (Fsp3) is 0.200. The molecule has 2 aromatic heterocycles. The summed E-state index contributed by atoms with van der Waals surface area (Å²) in [5.41, 5.74) is 6.47. The number of hydrogen-bond acceptors (Lipinski definition) is 5. The van der Waals surface area contributed by atoms with Gasteiger partial charge < -0.3 is 0 Å². The smallest absolute Gasteiger partial charge is 0.257 e. The highest BCUT2D eigenvalue weighted by Crippen LogP contribution is 2.28. The number of benzene rings is 2. The lowest BCUT2D eigenvalue weighted by atomic mass is 10.0. The van der Waals surface area contributed by atoms with Crippen molar-refractivity contribution in [3.8, 4) is 11.3 Å². The van der Waals surface area contributed by atoms with Crippen LogP contribution in [0.15, 0.2) is 41.8 Å². The Labute approximate surface area is 160 Å². The van der Waals surface area contributed by atoms with Gasteiger partial charge in [0.25, 0.3) is 5.91 Å². The lowest BCUT2D eigenvalue weighted by Gasteiger charge is -2.04. The summed E-state index contributed by atoms with van der Waals surface area (Å²) in [7, 11) is 0. The zero-order valence-corrected chi connectivity index (χ0v) is 16.2. The number of carbonyl (C=O) groups excluding carboxylic acids is 1. The van der Waals surface area contributed by atoms with Gasteiger partial charge in [-0.05, 0) is 50.6 Å². The molecule has 0 atom stereocenters. The van der Waals surface area contributed by atoms with Crippen molar-refractivity contribution < 1.29 is 4.79 Å². The van der Waals surface area contributed by atoms with Gasteiger partial charge in [-0.25, -0.2) is 9.67 Å². The molecule has 0 unspecified atom stereocenters. The summed E-state index contributed by atoms with van der Waals surface area (Å²) in [6, 6.07) is 11.7. The summed E-state index contributed by atoms with van der Waals surface area (Å²) in [5.74, 6) is -0.204. The molecule has 0 aliphatic rings. The highest BCUT2D eigenvalue weighted by molar-refractivity contribution is 7.14. The number of nitrogens with zero attached hydrogens (tertiary/aromatic N) is 4. The zero-order valence-electron chi connectivity index (χ0n) is 15.4. The number of fused-ring (bicyclic) bond motifs is 1. The molecule has 0 fully saturated rings. The number of nitrogens with one attached hydrogen (secondary N) is 1. The van der Waals surface area contributed by atoms with Crippen LogP contribution >= 0.6 is 11.3 Å². The van der Waals surface area contributed by atoms with Crippen molar-refractivity contribution in [3.63, 3.8) is 0 Å². The molecule has 0 bridgehead atoms. The number of aromatic nitrogens is 4. The molecule has 0 saturated carbocycles. The molecule has 27 heavy (non-hydrogen) atoms. The number of amides is 1. The minimum Gasteiger partial charge on any atom is -0.298 e. The lowest BCUT2D eigenvalue weighted by Crippen LogP contribution is -2.11.